The Morgan fingerprint density at radius 2 is 1.88 bits per heavy atom. The van der Waals surface area contributed by atoms with Crippen molar-refractivity contribution in [3.05, 3.63) is 64.6 Å². The molecular formula is C20H22N2O3S. The van der Waals surface area contributed by atoms with Crippen LogP contribution in [0.4, 0.5) is 0 Å². The van der Waals surface area contributed by atoms with E-state index in [1.54, 1.807) is 27.3 Å². The number of fused-ring (bicyclic) bond motifs is 1. The minimum absolute atomic E-state index is 0.0693. The fourth-order valence-electron chi connectivity index (χ4n) is 2.90. The lowest BCUT2D eigenvalue weighted by Crippen LogP contribution is -2.26. The average molecular weight is 370 g/mol. The Bertz CT molecular complexity index is 944. The lowest BCUT2D eigenvalue weighted by atomic mass is 10.2. The van der Waals surface area contributed by atoms with Crippen LogP contribution in [0.2, 0.25) is 0 Å². The summed E-state index contributed by atoms with van der Waals surface area (Å²) in [4.78, 5) is 27.2. The van der Waals surface area contributed by atoms with Crippen LogP contribution >= 0.6 is 11.8 Å². The molecule has 2 aromatic carbocycles. The maximum Gasteiger partial charge on any atom is 0.419 e. The van der Waals surface area contributed by atoms with Gasteiger partial charge in [-0.05, 0) is 42.5 Å². The SMILES string of the molecule is CSc1ccc(CN(C)C(=O)CCCn2c(=O)oc3ccccc32)cc1. The molecule has 3 aromatic rings. The number of carbonyl (C=O) groups is 1. The number of aromatic nitrogens is 1. The predicted octanol–water partition coefficient (Wildman–Crippen LogP) is 3.76. The number of aryl methyl sites for hydroxylation is 1. The summed E-state index contributed by atoms with van der Waals surface area (Å²) < 4.78 is 6.80. The van der Waals surface area contributed by atoms with Gasteiger partial charge >= 0.3 is 5.76 Å². The second-order valence-corrected chi connectivity index (χ2v) is 7.07. The normalized spacial score (nSPS) is 11.0. The standard InChI is InChI=1S/C20H22N2O3S/c1-21(14-15-9-11-16(26-2)12-10-15)19(23)8-5-13-22-17-6-3-4-7-18(17)25-20(22)24/h3-4,6-7,9-12H,5,8,13-14H2,1-2H3. The molecule has 3 rings (SSSR count). The van der Waals surface area contributed by atoms with E-state index in [2.05, 4.69) is 12.1 Å². The first-order chi connectivity index (χ1) is 12.6. The van der Waals surface area contributed by atoms with Crippen molar-refractivity contribution in [1.29, 1.82) is 0 Å². The quantitative estimate of drug-likeness (QED) is 0.594. The topological polar surface area (TPSA) is 55.5 Å². The van der Waals surface area contributed by atoms with E-state index < -0.39 is 0 Å². The Balaban J connectivity index is 1.54. The Labute approximate surface area is 156 Å². The molecule has 26 heavy (non-hydrogen) atoms. The number of rotatable bonds is 7. The summed E-state index contributed by atoms with van der Waals surface area (Å²) in [5.74, 6) is -0.305. The fourth-order valence-corrected chi connectivity index (χ4v) is 3.31. The van der Waals surface area contributed by atoms with Gasteiger partial charge in [-0.1, -0.05) is 24.3 Å². The number of para-hydroxylation sites is 2. The predicted molar refractivity (Wildman–Crippen MR) is 104 cm³/mol. The molecule has 1 aromatic heterocycles. The number of amides is 1. The van der Waals surface area contributed by atoms with Crippen LogP contribution in [0.1, 0.15) is 18.4 Å². The summed E-state index contributed by atoms with van der Waals surface area (Å²) in [5.41, 5.74) is 2.46. The zero-order valence-electron chi connectivity index (χ0n) is 15.0. The zero-order valence-corrected chi connectivity index (χ0v) is 15.8. The van der Waals surface area contributed by atoms with Crippen LogP contribution in [0.25, 0.3) is 11.1 Å². The first kappa shape index (κ1) is 18.3. The highest BCUT2D eigenvalue weighted by Gasteiger charge is 2.12. The average Bonchev–Trinajstić information content (AvgIpc) is 2.97. The monoisotopic (exact) mass is 370 g/mol. The first-order valence-electron chi connectivity index (χ1n) is 8.54. The molecule has 0 radical (unpaired) electrons. The van der Waals surface area contributed by atoms with Gasteiger partial charge in [-0.3, -0.25) is 9.36 Å². The van der Waals surface area contributed by atoms with E-state index in [1.807, 2.05) is 43.6 Å². The molecule has 0 aliphatic heterocycles. The maximum absolute atomic E-state index is 12.4. The Morgan fingerprint density at radius 3 is 2.62 bits per heavy atom. The molecule has 5 nitrogen and oxygen atoms in total. The molecular weight excluding hydrogens is 348 g/mol. The summed E-state index contributed by atoms with van der Waals surface area (Å²) in [6.07, 6.45) is 3.03. The van der Waals surface area contributed by atoms with Crippen molar-refractivity contribution < 1.29 is 9.21 Å². The lowest BCUT2D eigenvalue weighted by molar-refractivity contribution is -0.130. The molecule has 0 saturated heterocycles. The fraction of sp³-hybridized carbons (Fsp3) is 0.300. The molecule has 1 amide bonds. The molecule has 0 aliphatic rings. The van der Waals surface area contributed by atoms with Crippen molar-refractivity contribution >= 4 is 28.8 Å². The van der Waals surface area contributed by atoms with Crippen LogP contribution in [0.5, 0.6) is 0 Å². The number of benzene rings is 2. The van der Waals surface area contributed by atoms with Gasteiger partial charge in [-0.15, -0.1) is 11.8 Å². The summed E-state index contributed by atoms with van der Waals surface area (Å²) >= 11 is 1.70. The minimum atomic E-state index is -0.374. The van der Waals surface area contributed by atoms with Crippen molar-refractivity contribution in [3.63, 3.8) is 0 Å². The van der Waals surface area contributed by atoms with Gasteiger partial charge in [0.1, 0.15) is 0 Å². The van der Waals surface area contributed by atoms with E-state index in [0.29, 0.717) is 31.5 Å². The molecule has 6 heteroatoms. The van der Waals surface area contributed by atoms with Crippen molar-refractivity contribution in [3.8, 4) is 0 Å². The maximum atomic E-state index is 12.4. The molecule has 0 fully saturated rings. The Hall–Kier alpha value is -2.47. The summed E-state index contributed by atoms with van der Waals surface area (Å²) in [6, 6.07) is 15.6. The highest BCUT2D eigenvalue weighted by molar-refractivity contribution is 7.98. The van der Waals surface area contributed by atoms with Crippen LogP contribution in [0.15, 0.2) is 62.6 Å². The smallest absolute Gasteiger partial charge is 0.408 e. The third-order valence-corrected chi connectivity index (χ3v) is 5.09. The van der Waals surface area contributed by atoms with E-state index in [1.165, 1.54) is 4.90 Å². The van der Waals surface area contributed by atoms with Gasteiger partial charge in [0.15, 0.2) is 5.58 Å². The van der Waals surface area contributed by atoms with E-state index in [4.69, 9.17) is 4.42 Å². The molecule has 1 heterocycles. The molecule has 0 atom stereocenters. The third-order valence-electron chi connectivity index (χ3n) is 4.35. The molecule has 0 spiro atoms. The second-order valence-electron chi connectivity index (χ2n) is 6.19. The van der Waals surface area contributed by atoms with E-state index in [0.717, 1.165) is 11.1 Å². The number of nitrogens with zero attached hydrogens (tertiary/aromatic N) is 2. The largest absolute Gasteiger partial charge is 0.419 e. The van der Waals surface area contributed by atoms with Crippen LogP contribution in [0, 0.1) is 0 Å². The minimum Gasteiger partial charge on any atom is -0.408 e. The lowest BCUT2D eigenvalue weighted by Gasteiger charge is -2.17. The van der Waals surface area contributed by atoms with Crippen molar-refractivity contribution in [2.45, 2.75) is 30.8 Å². The van der Waals surface area contributed by atoms with Gasteiger partial charge in [0.2, 0.25) is 5.91 Å². The Kier molecular flexibility index (Phi) is 5.83. The van der Waals surface area contributed by atoms with Crippen LogP contribution in [0.3, 0.4) is 0 Å². The molecule has 136 valence electrons. The molecule has 0 aliphatic carbocycles. The van der Waals surface area contributed by atoms with Crippen LogP contribution in [-0.4, -0.2) is 28.7 Å². The second kappa shape index (κ2) is 8.27. The number of hydrogen-bond donors (Lipinski definition) is 0. The number of oxazole rings is 1. The van der Waals surface area contributed by atoms with Gasteiger partial charge in [0.25, 0.3) is 0 Å². The van der Waals surface area contributed by atoms with Crippen molar-refractivity contribution in [2.24, 2.45) is 0 Å². The van der Waals surface area contributed by atoms with Gasteiger partial charge in [-0.2, -0.15) is 0 Å². The van der Waals surface area contributed by atoms with E-state index in [9.17, 15) is 9.59 Å². The van der Waals surface area contributed by atoms with Crippen molar-refractivity contribution in [2.75, 3.05) is 13.3 Å². The first-order valence-corrected chi connectivity index (χ1v) is 9.76. The summed E-state index contributed by atoms with van der Waals surface area (Å²) in [7, 11) is 1.81. The summed E-state index contributed by atoms with van der Waals surface area (Å²) in [5, 5.41) is 0. The molecule has 0 N–H and O–H groups in total. The van der Waals surface area contributed by atoms with Crippen molar-refractivity contribution in [1.82, 2.24) is 9.47 Å². The van der Waals surface area contributed by atoms with Crippen LogP contribution in [-0.2, 0) is 17.9 Å². The van der Waals surface area contributed by atoms with Gasteiger partial charge in [-0.25, -0.2) is 4.79 Å². The Morgan fingerprint density at radius 1 is 1.15 bits per heavy atom. The van der Waals surface area contributed by atoms with E-state index >= 15 is 0 Å². The molecule has 0 unspecified atom stereocenters. The van der Waals surface area contributed by atoms with Gasteiger partial charge < -0.3 is 9.32 Å². The number of thioether (sulfide) groups is 1. The molecule has 0 saturated carbocycles. The third kappa shape index (κ3) is 4.19. The summed E-state index contributed by atoms with van der Waals surface area (Å²) in [6.45, 7) is 1.06. The highest BCUT2D eigenvalue weighted by atomic mass is 32.2. The molecule has 0 bridgehead atoms. The van der Waals surface area contributed by atoms with Gasteiger partial charge in [0, 0.05) is 31.5 Å². The zero-order chi connectivity index (χ0) is 18.5. The number of carbonyl (C=O) groups excluding carboxylic acids is 1. The van der Waals surface area contributed by atoms with Crippen LogP contribution < -0.4 is 5.76 Å². The highest BCUT2D eigenvalue weighted by Crippen LogP contribution is 2.16. The van der Waals surface area contributed by atoms with Gasteiger partial charge in [0.05, 0.1) is 5.52 Å². The van der Waals surface area contributed by atoms with E-state index in [-0.39, 0.29) is 11.7 Å². The number of hydrogen-bond acceptors (Lipinski definition) is 4.